The molecule has 0 atom stereocenters. The summed E-state index contributed by atoms with van der Waals surface area (Å²) in [7, 11) is 0. The SMILES string of the molecule is O=C(Cc1cccc(OC(F)(F)F)c1)Nc1cnc(CCCCc2nnc(NC(=O)Cc3ccccn3)s2)cn1. The van der Waals surface area contributed by atoms with Gasteiger partial charge in [-0.1, -0.05) is 29.5 Å². The molecule has 14 heteroatoms. The van der Waals surface area contributed by atoms with Crippen LogP contribution in [-0.2, 0) is 35.3 Å². The van der Waals surface area contributed by atoms with Gasteiger partial charge in [0.2, 0.25) is 16.9 Å². The maximum Gasteiger partial charge on any atom is 0.573 e. The molecule has 0 bridgehead atoms. The first-order valence-electron chi connectivity index (χ1n) is 12.2. The van der Waals surface area contributed by atoms with Crippen molar-refractivity contribution in [2.75, 3.05) is 10.6 Å². The number of rotatable bonds is 12. The summed E-state index contributed by atoms with van der Waals surface area (Å²) in [5, 5.41) is 14.7. The van der Waals surface area contributed by atoms with Gasteiger partial charge in [-0.2, -0.15) is 0 Å². The molecule has 0 saturated carbocycles. The molecule has 0 aliphatic rings. The van der Waals surface area contributed by atoms with Gasteiger partial charge in [0.1, 0.15) is 10.8 Å². The number of hydrogen-bond donors (Lipinski definition) is 2. The lowest BCUT2D eigenvalue weighted by atomic mass is 10.1. The van der Waals surface area contributed by atoms with Gasteiger partial charge in [-0.15, -0.1) is 23.4 Å². The number of benzene rings is 1. The summed E-state index contributed by atoms with van der Waals surface area (Å²) in [6.45, 7) is 0. The number of ether oxygens (including phenoxy) is 1. The summed E-state index contributed by atoms with van der Waals surface area (Å²) in [6.07, 6.45) is 2.84. The van der Waals surface area contributed by atoms with E-state index >= 15 is 0 Å². The van der Waals surface area contributed by atoms with Crippen molar-refractivity contribution in [2.24, 2.45) is 0 Å². The topological polar surface area (TPSA) is 132 Å². The minimum Gasteiger partial charge on any atom is -0.406 e. The Morgan fingerprint density at radius 2 is 1.68 bits per heavy atom. The van der Waals surface area contributed by atoms with Crippen molar-refractivity contribution in [3.63, 3.8) is 0 Å². The Balaban J connectivity index is 1.15. The molecule has 10 nitrogen and oxygen atoms in total. The van der Waals surface area contributed by atoms with Gasteiger partial charge in [0.15, 0.2) is 5.82 Å². The van der Waals surface area contributed by atoms with Crippen LogP contribution in [-0.4, -0.2) is 43.3 Å². The summed E-state index contributed by atoms with van der Waals surface area (Å²) >= 11 is 1.33. The van der Waals surface area contributed by atoms with Gasteiger partial charge in [-0.05, 0) is 49.1 Å². The predicted octanol–water partition coefficient (Wildman–Crippen LogP) is 4.55. The molecule has 0 saturated heterocycles. The van der Waals surface area contributed by atoms with Gasteiger partial charge in [-0.25, -0.2) is 4.98 Å². The number of halogens is 3. The van der Waals surface area contributed by atoms with Crippen molar-refractivity contribution >= 4 is 34.1 Å². The molecule has 3 aromatic heterocycles. The molecule has 0 fully saturated rings. The second kappa shape index (κ2) is 13.6. The van der Waals surface area contributed by atoms with Crippen LogP contribution in [0.5, 0.6) is 5.75 Å². The largest absolute Gasteiger partial charge is 0.573 e. The van der Waals surface area contributed by atoms with Gasteiger partial charge in [0.25, 0.3) is 0 Å². The monoisotopic (exact) mass is 571 g/mol. The predicted molar refractivity (Wildman–Crippen MR) is 141 cm³/mol. The van der Waals surface area contributed by atoms with Crippen LogP contribution >= 0.6 is 11.3 Å². The Morgan fingerprint density at radius 3 is 2.42 bits per heavy atom. The third kappa shape index (κ3) is 9.69. The third-order valence-corrected chi connectivity index (χ3v) is 6.22. The second-order valence-corrected chi connectivity index (χ2v) is 9.63. The lowest BCUT2D eigenvalue weighted by Crippen LogP contribution is -2.18. The Labute approximate surface area is 231 Å². The highest BCUT2D eigenvalue weighted by Crippen LogP contribution is 2.23. The number of aromatic nitrogens is 5. The number of pyridine rings is 1. The van der Waals surface area contributed by atoms with Crippen LogP contribution in [0.2, 0.25) is 0 Å². The molecule has 0 aliphatic heterocycles. The van der Waals surface area contributed by atoms with Crippen LogP contribution in [0.15, 0.2) is 61.1 Å². The molecule has 4 aromatic rings. The van der Waals surface area contributed by atoms with Crippen LogP contribution in [0.4, 0.5) is 24.1 Å². The molecule has 2 amide bonds. The fraction of sp³-hybridized carbons (Fsp3) is 0.269. The van der Waals surface area contributed by atoms with Crippen LogP contribution in [0, 0.1) is 0 Å². The van der Waals surface area contributed by atoms with Crippen LogP contribution in [0.1, 0.15) is 34.8 Å². The van der Waals surface area contributed by atoms with Gasteiger partial charge >= 0.3 is 6.36 Å². The third-order valence-electron chi connectivity index (χ3n) is 5.32. The molecule has 4 rings (SSSR count). The lowest BCUT2D eigenvalue weighted by molar-refractivity contribution is -0.274. The average Bonchev–Trinajstić information content (AvgIpc) is 3.34. The number of nitrogens with zero attached hydrogens (tertiary/aromatic N) is 5. The number of nitrogens with one attached hydrogen (secondary N) is 2. The molecule has 0 aliphatic carbocycles. The van der Waals surface area contributed by atoms with Crippen molar-refractivity contribution in [2.45, 2.75) is 44.9 Å². The standard InChI is InChI=1S/C26H24F3N7O3S/c27-26(28,29)39-20-9-5-6-17(12-20)13-22(37)33-21-16-31-19(15-32-21)8-1-2-10-24-35-36-25(40-24)34-23(38)14-18-7-3-4-11-30-18/h3-7,9,11-12,15-16H,1-2,8,10,13-14H2,(H,32,33,37)(H,34,36,38). The highest BCUT2D eigenvalue weighted by Gasteiger charge is 2.31. The summed E-state index contributed by atoms with van der Waals surface area (Å²) in [4.78, 5) is 37.0. The van der Waals surface area contributed by atoms with Crippen LogP contribution < -0.4 is 15.4 Å². The van der Waals surface area contributed by atoms with Gasteiger partial charge in [-0.3, -0.25) is 19.6 Å². The highest BCUT2D eigenvalue weighted by atomic mass is 32.1. The van der Waals surface area contributed by atoms with E-state index < -0.39 is 18.0 Å². The van der Waals surface area contributed by atoms with Crippen LogP contribution in [0.3, 0.4) is 0 Å². The zero-order chi connectivity index (χ0) is 28.4. The molecule has 1 aromatic carbocycles. The Morgan fingerprint density at radius 1 is 0.850 bits per heavy atom. The Kier molecular flexibility index (Phi) is 9.67. The molecule has 40 heavy (non-hydrogen) atoms. The van der Waals surface area contributed by atoms with E-state index in [4.69, 9.17) is 0 Å². The zero-order valence-electron chi connectivity index (χ0n) is 21.0. The number of carbonyl (C=O) groups is 2. The Hall–Kier alpha value is -4.46. The van der Waals surface area contributed by atoms with Crippen molar-refractivity contribution < 1.29 is 27.5 Å². The molecule has 208 valence electrons. The maximum atomic E-state index is 12.4. The number of hydrogen-bond acceptors (Lipinski definition) is 9. The van der Waals surface area contributed by atoms with Crippen molar-refractivity contribution in [3.8, 4) is 5.75 Å². The highest BCUT2D eigenvalue weighted by molar-refractivity contribution is 7.15. The first-order chi connectivity index (χ1) is 19.2. The average molecular weight is 572 g/mol. The fourth-order valence-electron chi connectivity index (χ4n) is 3.59. The number of unbranched alkanes of at least 4 members (excludes halogenated alkanes) is 1. The molecule has 0 unspecified atom stereocenters. The molecular weight excluding hydrogens is 547 g/mol. The summed E-state index contributed by atoms with van der Waals surface area (Å²) in [6, 6.07) is 10.6. The van der Waals surface area contributed by atoms with E-state index in [1.165, 1.54) is 29.7 Å². The number of aryl methyl sites for hydroxylation is 2. The normalized spacial score (nSPS) is 11.2. The number of amides is 2. The van der Waals surface area contributed by atoms with E-state index in [0.717, 1.165) is 35.7 Å². The number of carbonyl (C=O) groups excluding carboxylic acids is 2. The number of alkyl halides is 3. The van der Waals surface area contributed by atoms with E-state index in [9.17, 15) is 22.8 Å². The second-order valence-electron chi connectivity index (χ2n) is 8.57. The first-order valence-corrected chi connectivity index (χ1v) is 13.0. The Bertz CT molecular complexity index is 1420. The van der Waals surface area contributed by atoms with E-state index in [2.05, 4.69) is 40.5 Å². The van der Waals surface area contributed by atoms with E-state index in [1.807, 2.05) is 6.07 Å². The zero-order valence-corrected chi connectivity index (χ0v) is 21.8. The quantitative estimate of drug-likeness (QED) is 0.237. The smallest absolute Gasteiger partial charge is 0.406 e. The molecular formula is C26H24F3N7O3S. The molecule has 0 radical (unpaired) electrons. The minimum absolute atomic E-state index is 0.153. The number of anilines is 2. The summed E-state index contributed by atoms with van der Waals surface area (Å²) in [5.74, 6) is -0.806. The van der Waals surface area contributed by atoms with Gasteiger partial charge in [0.05, 0.1) is 30.9 Å². The maximum absolute atomic E-state index is 12.4. The minimum atomic E-state index is -4.81. The van der Waals surface area contributed by atoms with E-state index in [0.29, 0.717) is 29.2 Å². The van der Waals surface area contributed by atoms with Crippen LogP contribution in [0.25, 0.3) is 0 Å². The molecule has 2 N–H and O–H groups in total. The first kappa shape index (κ1) is 28.5. The lowest BCUT2D eigenvalue weighted by Gasteiger charge is -2.10. The van der Waals surface area contributed by atoms with Gasteiger partial charge < -0.3 is 15.4 Å². The summed E-state index contributed by atoms with van der Waals surface area (Å²) < 4.78 is 41.1. The molecule has 3 heterocycles. The summed E-state index contributed by atoms with van der Waals surface area (Å²) in [5.41, 5.74) is 1.78. The van der Waals surface area contributed by atoms with E-state index in [-0.39, 0.29) is 24.6 Å². The van der Waals surface area contributed by atoms with E-state index in [1.54, 1.807) is 24.5 Å². The molecule has 0 spiro atoms. The van der Waals surface area contributed by atoms with Crippen molar-refractivity contribution in [1.82, 2.24) is 25.1 Å². The van der Waals surface area contributed by atoms with Gasteiger partial charge in [0, 0.05) is 18.3 Å². The fourth-order valence-corrected chi connectivity index (χ4v) is 4.39. The van der Waals surface area contributed by atoms with Crippen molar-refractivity contribution in [1.29, 1.82) is 0 Å². The van der Waals surface area contributed by atoms with Crippen molar-refractivity contribution in [3.05, 3.63) is 83.0 Å².